The minimum Gasteiger partial charge on any atom is -0.356 e. The fourth-order valence-electron chi connectivity index (χ4n) is 1.91. The maximum atomic E-state index is 13.1. The number of aliphatic imine (C=N–C) groups is 1. The molecule has 0 saturated carbocycles. The second-order valence-corrected chi connectivity index (χ2v) is 5.81. The van der Waals surface area contributed by atoms with Gasteiger partial charge in [0.15, 0.2) is 5.96 Å². The van der Waals surface area contributed by atoms with Crippen LogP contribution >= 0.6 is 11.8 Å². The molecule has 0 unspecified atom stereocenters. The normalized spacial score (nSPS) is 11.3. The second kappa shape index (κ2) is 9.10. The topological polar surface area (TPSA) is 36.4 Å². The Balaban J connectivity index is 1.69. The van der Waals surface area contributed by atoms with Crippen molar-refractivity contribution in [3.8, 4) is 0 Å². The summed E-state index contributed by atoms with van der Waals surface area (Å²) in [6, 6.07) is 16.8. The number of guanidine groups is 1. The lowest BCUT2D eigenvalue weighted by atomic mass is 10.2. The molecular weight excluding hydrogens is 297 g/mol. The van der Waals surface area contributed by atoms with Crippen LogP contribution in [0.3, 0.4) is 0 Å². The summed E-state index contributed by atoms with van der Waals surface area (Å²) in [5, 5.41) is 6.42. The zero-order valence-electron chi connectivity index (χ0n) is 12.6. The lowest BCUT2D eigenvalue weighted by Gasteiger charge is -2.12. The number of halogens is 1. The molecule has 0 aliphatic rings. The van der Waals surface area contributed by atoms with Crippen molar-refractivity contribution in [1.29, 1.82) is 0 Å². The van der Waals surface area contributed by atoms with E-state index in [9.17, 15) is 4.39 Å². The first-order chi connectivity index (χ1) is 10.8. The lowest BCUT2D eigenvalue weighted by Crippen LogP contribution is -2.37. The highest BCUT2D eigenvalue weighted by atomic mass is 32.2. The third kappa shape index (κ3) is 5.77. The minimum atomic E-state index is -0.221. The van der Waals surface area contributed by atoms with E-state index in [1.165, 1.54) is 17.0 Å². The number of hydrogen-bond donors (Lipinski definition) is 2. The van der Waals surface area contributed by atoms with Crippen LogP contribution in [0.1, 0.15) is 5.56 Å². The van der Waals surface area contributed by atoms with Gasteiger partial charge in [-0.2, -0.15) is 0 Å². The van der Waals surface area contributed by atoms with Gasteiger partial charge in [0.25, 0.3) is 0 Å². The number of nitrogens with one attached hydrogen (secondary N) is 2. The molecule has 0 fully saturated rings. The van der Waals surface area contributed by atoms with Crippen molar-refractivity contribution in [1.82, 2.24) is 10.6 Å². The summed E-state index contributed by atoms with van der Waals surface area (Å²) in [6.07, 6.45) is 0. The molecule has 0 amide bonds. The van der Waals surface area contributed by atoms with Gasteiger partial charge in [0, 0.05) is 30.8 Å². The third-order valence-electron chi connectivity index (χ3n) is 2.98. The molecule has 3 nitrogen and oxygen atoms in total. The van der Waals surface area contributed by atoms with Crippen LogP contribution in [0.5, 0.6) is 0 Å². The zero-order chi connectivity index (χ0) is 15.6. The van der Waals surface area contributed by atoms with Crippen LogP contribution in [0, 0.1) is 5.82 Å². The van der Waals surface area contributed by atoms with Crippen LogP contribution in [-0.4, -0.2) is 25.3 Å². The molecule has 0 aliphatic heterocycles. The minimum absolute atomic E-state index is 0.221. The maximum absolute atomic E-state index is 13.1. The molecular formula is C17H20FN3S. The number of rotatable bonds is 6. The van der Waals surface area contributed by atoms with Crippen LogP contribution in [0.15, 0.2) is 64.5 Å². The Morgan fingerprint density at radius 3 is 2.64 bits per heavy atom. The molecule has 0 aromatic heterocycles. The molecule has 22 heavy (non-hydrogen) atoms. The monoisotopic (exact) mass is 317 g/mol. The highest BCUT2D eigenvalue weighted by Crippen LogP contribution is 2.15. The van der Waals surface area contributed by atoms with E-state index in [0.29, 0.717) is 6.54 Å². The van der Waals surface area contributed by atoms with Gasteiger partial charge in [-0.1, -0.05) is 30.3 Å². The van der Waals surface area contributed by atoms with Crippen molar-refractivity contribution in [2.24, 2.45) is 4.99 Å². The maximum Gasteiger partial charge on any atom is 0.191 e. The number of nitrogens with zero attached hydrogens (tertiary/aromatic N) is 1. The van der Waals surface area contributed by atoms with Gasteiger partial charge in [0.1, 0.15) is 5.82 Å². The molecule has 2 N–H and O–H groups in total. The van der Waals surface area contributed by atoms with Gasteiger partial charge in [-0.15, -0.1) is 11.8 Å². The van der Waals surface area contributed by atoms with Crippen LogP contribution in [-0.2, 0) is 6.54 Å². The van der Waals surface area contributed by atoms with Crippen molar-refractivity contribution >= 4 is 17.7 Å². The standard InChI is InChI=1S/C17H20FN3S/c1-19-17(21-13-14-6-5-7-15(18)12-14)20-10-11-22-16-8-3-2-4-9-16/h2-9,12H,10-11,13H2,1H3,(H2,19,20,21). The summed E-state index contributed by atoms with van der Waals surface area (Å²) in [7, 11) is 1.73. The molecule has 2 rings (SSSR count). The van der Waals surface area contributed by atoms with Crippen LogP contribution in [0.4, 0.5) is 4.39 Å². The summed E-state index contributed by atoms with van der Waals surface area (Å²) in [5.41, 5.74) is 0.890. The van der Waals surface area contributed by atoms with Crippen molar-refractivity contribution in [3.05, 3.63) is 66.0 Å². The molecule has 0 aliphatic carbocycles. The molecule has 0 bridgehead atoms. The summed E-state index contributed by atoms with van der Waals surface area (Å²) in [4.78, 5) is 5.42. The number of benzene rings is 2. The first-order valence-electron chi connectivity index (χ1n) is 7.15. The van der Waals surface area contributed by atoms with Gasteiger partial charge in [0.2, 0.25) is 0 Å². The van der Waals surface area contributed by atoms with Gasteiger partial charge in [0.05, 0.1) is 0 Å². The molecule has 5 heteroatoms. The van der Waals surface area contributed by atoms with Gasteiger partial charge >= 0.3 is 0 Å². The summed E-state index contributed by atoms with van der Waals surface area (Å²) < 4.78 is 13.1. The third-order valence-corrected chi connectivity index (χ3v) is 3.99. The van der Waals surface area contributed by atoms with Crippen LogP contribution in [0.2, 0.25) is 0 Å². The molecule has 0 saturated heterocycles. The first kappa shape index (κ1) is 16.4. The van der Waals surface area contributed by atoms with Gasteiger partial charge in [-0.3, -0.25) is 4.99 Å². The van der Waals surface area contributed by atoms with E-state index < -0.39 is 0 Å². The van der Waals surface area contributed by atoms with E-state index in [-0.39, 0.29) is 5.82 Å². The highest BCUT2D eigenvalue weighted by Gasteiger charge is 1.99. The predicted octanol–water partition coefficient (Wildman–Crippen LogP) is 3.28. The molecule has 0 heterocycles. The van der Waals surface area contributed by atoms with Crippen LogP contribution < -0.4 is 10.6 Å². The van der Waals surface area contributed by atoms with Gasteiger partial charge in [-0.25, -0.2) is 4.39 Å². The molecule has 116 valence electrons. The van der Waals surface area contributed by atoms with Crippen molar-refractivity contribution in [2.75, 3.05) is 19.3 Å². The summed E-state index contributed by atoms with van der Waals surface area (Å²) in [5.74, 6) is 1.45. The zero-order valence-corrected chi connectivity index (χ0v) is 13.4. The summed E-state index contributed by atoms with van der Waals surface area (Å²) >= 11 is 1.79. The molecule has 2 aromatic rings. The van der Waals surface area contributed by atoms with E-state index in [1.54, 1.807) is 24.9 Å². The Labute approximate surface area is 135 Å². The average molecular weight is 317 g/mol. The predicted molar refractivity (Wildman–Crippen MR) is 91.8 cm³/mol. The Morgan fingerprint density at radius 1 is 1.09 bits per heavy atom. The van der Waals surface area contributed by atoms with Crippen molar-refractivity contribution in [3.63, 3.8) is 0 Å². The van der Waals surface area contributed by atoms with Gasteiger partial charge in [-0.05, 0) is 29.8 Å². The van der Waals surface area contributed by atoms with Gasteiger partial charge < -0.3 is 10.6 Å². The van der Waals surface area contributed by atoms with Crippen molar-refractivity contribution in [2.45, 2.75) is 11.4 Å². The van der Waals surface area contributed by atoms with E-state index in [0.717, 1.165) is 23.8 Å². The Hall–Kier alpha value is -2.01. The van der Waals surface area contributed by atoms with Crippen molar-refractivity contribution < 1.29 is 4.39 Å². The number of hydrogen-bond acceptors (Lipinski definition) is 2. The molecule has 2 aromatic carbocycles. The molecule has 0 radical (unpaired) electrons. The first-order valence-corrected chi connectivity index (χ1v) is 8.13. The molecule has 0 atom stereocenters. The van der Waals surface area contributed by atoms with E-state index >= 15 is 0 Å². The Bertz CT molecular complexity index is 602. The number of thioether (sulfide) groups is 1. The fraction of sp³-hybridized carbons (Fsp3) is 0.235. The fourth-order valence-corrected chi connectivity index (χ4v) is 2.70. The van der Waals surface area contributed by atoms with Crippen LogP contribution in [0.25, 0.3) is 0 Å². The molecule has 0 spiro atoms. The Kier molecular flexibility index (Phi) is 6.77. The smallest absolute Gasteiger partial charge is 0.191 e. The summed E-state index contributed by atoms with van der Waals surface area (Å²) in [6.45, 7) is 1.35. The lowest BCUT2D eigenvalue weighted by molar-refractivity contribution is 0.624. The van der Waals surface area contributed by atoms with E-state index in [1.807, 2.05) is 24.3 Å². The largest absolute Gasteiger partial charge is 0.356 e. The Morgan fingerprint density at radius 2 is 1.91 bits per heavy atom. The SMILES string of the molecule is CN=C(NCCSc1ccccc1)NCc1cccc(F)c1. The quantitative estimate of drug-likeness (QED) is 0.371. The van der Waals surface area contributed by atoms with E-state index in [4.69, 9.17) is 0 Å². The van der Waals surface area contributed by atoms with E-state index in [2.05, 4.69) is 27.8 Å². The second-order valence-electron chi connectivity index (χ2n) is 4.64. The highest BCUT2D eigenvalue weighted by molar-refractivity contribution is 7.99. The average Bonchev–Trinajstić information content (AvgIpc) is 2.55.